The van der Waals surface area contributed by atoms with E-state index < -0.39 is 7.14 Å². The summed E-state index contributed by atoms with van der Waals surface area (Å²) in [6.07, 6.45) is 2.20. The van der Waals surface area contributed by atoms with Gasteiger partial charge in [0.25, 0.3) is 0 Å². The molecule has 0 bridgehead atoms. The van der Waals surface area contributed by atoms with Gasteiger partial charge in [-0.1, -0.05) is 30.3 Å². The van der Waals surface area contributed by atoms with E-state index in [-0.39, 0.29) is 0 Å². The molecular formula is C10H14NOP. The molecule has 0 aliphatic rings. The molecule has 1 aromatic rings. The van der Waals surface area contributed by atoms with Gasteiger partial charge in [-0.25, -0.2) is 0 Å². The lowest BCUT2D eigenvalue weighted by Gasteiger charge is -1.99. The predicted octanol–water partition coefficient (Wildman–Crippen LogP) is 2.69. The molecule has 0 atom stereocenters. The van der Waals surface area contributed by atoms with E-state index in [4.69, 9.17) is 0 Å². The SMILES string of the molecule is CP(C)(=O)C/N=C/c1ccccc1. The van der Waals surface area contributed by atoms with E-state index in [0.29, 0.717) is 6.29 Å². The van der Waals surface area contributed by atoms with Gasteiger partial charge < -0.3 is 4.57 Å². The van der Waals surface area contributed by atoms with Crippen molar-refractivity contribution in [3.05, 3.63) is 35.9 Å². The van der Waals surface area contributed by atoms with E-state index in [1.165, 1.54) is 0 Å². The Morgan fingerprint density at radius 3 is 2.46 bits per heavy atom. The molecular weight excluding hydrogens is 181 g/mol. The van der Waals surface area contributed by atoms with Crippen LogP contribution in [0.1, 0.15) is 5.56 Å². The number of rotatable bonds is 3. The van der Waals surface area contributed by atoms with Crippen molar-refractivity contribution >= 4 is 13.4 Å². The summed E-state index contributed by atoms with van der Waals surface area (Å²) in [7, 11) is -2.00. The Morgan fingerprint density at radius 2 is 1.92 bits per heavy atom. The van der Waals surface area contributed by atoms with Gasteiger partial charge in [0.1, 0.15) is 7.14 Å². The quantitative estimate of drug-likeness (QED) is 0.538. The van der Waals surface area contributed by atoms with Crippen LogP contribution in [0.3, 0.4) is 0 Å². The Kier molecular flexibility index (Phi) is 3.44. The molecule has 0 N–H and O–H groups in total. The highest BCUT2D eigenvalue weighted by molar-refractivity contribution is 7.62. The van der Waals surface area contributed by atoms with Crippen molar-refractivity contribution in [2.75, 3.05) is 19.6 Å². The van der Waals surface area contributed by atoms with Crippen LogP contribution in [-0.2, 0) is 4.57 Å². The van der Waals surface area contributed by atoms with Crippen molar-refractivity contribution < 1.29 is 4.57 Å². The van der Waals surface area contributed by atoms with Crippen LogP contribution in [0.5, 0.6) is 0 Å². The summed E-state index contributed by atoms with van der Waals surface area (Å²) >= 11 is 0. The highest BCUT2D eigenvalue weighted by atomic mass is 31.2. The van der Waals surface area contributed by atoms with Gasteiger partial charge in [0.2, 0.25) is 0 Å². The first-order chi connectivity index (χ1) is 6.08. The Bertz CT molecular complexity index is 326. The fraction of sp³-hybridized carbons (Fsp3) is 0.300. The van der Waals surface area contributed by atoms with Crippen molar-refractivity contribution in [3.63, 3.8) is 0 Å². The molecule has 0 heterocycles. The number of hydrogen-bond donors (Lipinski definition) is 0. The van der Waals surface area contributed by atoms with Gasteiger partial charge in [0.15, 0.2) is 0 Å². The second-order valence-electron chi connectivity index (χ2n) is 3.44. The Labute approximate surface area is 79.1 Å². The highest BCUT2D eigenvalue weighted by Gasteiger charge is 2.02. The van der Waals surface area contributed by atoms with Crippen LogP contribution in [0, 0.1) is 0 Å². The molecule has 0 aliphatic heterocycles. The van der Waals surface area contributed by atoms with E-state index in [0.717, 1.165) is 5.56 Å². The number of aliphatic imine (C=N–C) groups is 1. The third kappa shape index (κ3) is 4.64. The van der Waals surface area contributed by atoms with Crippen molar-refractivity contribution in [2.24, 2.45) is 4.99 Å². The van der Waals surface area contributed by atoms with E-state index >= 15 is 0 Å². The summed E-state index contributed by atoms with van der Waals surface area (Å²) in [6.45, 7) is 3.49. The molecule has 0 amide bonds. The van der Waals surface area contributed by atoms with Crippen molar-refractivity contribution in [1.82, 2.24) is 0 Å². The lowest BCUT2D eigenvalue weighted by atomic mass is 10.2. The first-order valence-electron chi connectivity index (χ1n) is 4.17. The van der Waals surface area contributed by atoms with Gasteiger partial charge in [-0.05, 0) is 18.9 Å². The third-order valence-electron chi connectivity index (χ3n) is 1.46. The first-order valence-corrected chi connectivity index (χ1v) is 6.95. The Morgan fingerprint density at radius 1 is 1.31 bits per heavy atom. The second kappa shape index (κ2) is 4.38. The smallest absolute Gasteiger partial charge is 0.102 e. The monoisotopic (exact) mass is 195 g/mol. The van der Waals surface area contributed by atoms with Crippen LogP contribution in [0.4, 0.5) is 0 Å². The lowest BCUT2D eigenvalue weighted by molar-refractivity contribution is 0.582. The van der Waals surface area contributed by atoms with Gasteiger partial charge in [0, 0.05) is 6.21 Å². The lowest BCUT2D eigenvalue weighted by Crippen LogP contribution is -1.84. The summed E-state index contributed by atoms with van der Waals surface area (Å²) in [5.41, 5.74) is 1.05. The average Bonchev–Trinajstić information content (AvgIpc) is 2.04. The van der Waals surface area contributed by atoms with Crippen molar-refractivity contribution in [3.8, 4) is 0 Å². The van der Waals surface area contributed by atoms with E-state index in [9.17, 15) is 4.57 Å². The fourth-order valence-electron chi connectivity index (χ4n) is 0.882. The number of hydrogen-bond acceptors (Lipinski definition) is 2. The van der Waals surface area contributed by atoms with E-state index in [1.54, 1.807) is 19.5 Å². The van der Waals surface area contributed by atoms with Gasteiger partial charge in [-0.2, -0.15) is 0 Å². The molecule has 0 radical (unpaired) electrons. The summed E-state index contributed by atoms with van der Waals surface area (Å²) in [5.74, 6) is 0. The maximum atomic E-state index is 11.3. The maximum Gasteiger partial charge on any atom is 0.102 e. The van der Waals surface area contributed by atoms with Gasteiger partial charge in [-0.3, -0.25) is 4.99 Å². The molecule has 0 saturated carbocycles. The van der Waals surface area contributed by atoms with E-state index in [1.807, 2.05) is 30.3 Å². The minimum absolute atomic E-state index is 0.432. The van der Waals surface area contributed by atoms with Crippen molar-refractivity contribution in [1.29, 1.82) is 0 Å². The fourth-order valence-corrected chi connectivity index (χ4v) is 1.36. The molecule has 3 heteroatoms. The summed E-state index contributed by atoms with van der Waals surface area (Å²) in [5, 5.41) is 0. The number of nitrogens with zero attached hydrogens (tertiary/aromatic N) is 1. The van der Waals surface area contributed by atoms with Crippen LogP contribution in [-0.4, -0.2) is 25.8 Å². The van der Waals surface area contributed by atoms with Crippen LogP contribution in [0.15, 0.2) is 35.3 Å². The zero-order valence-corrected chi connectivity index (χ0v) is 8.87. The predicted molar refractivity (Wildman–Crippen MR) is 58.4 cm³/mol. The standard InChI is InChI=1S/C10H14NOP/c1-13(2,12)9-11-8-10-6-4-3-5-7-10/h3-8H,9H2,1-2H3/b11-8+. The molecule has 0 aliphatic carbocycles. The Hall–Kier alpha value is -0.880. The third-order valence-corrected chi connectivity index (χ3v) is 2.31. The molecule has 0 spiro atoms. The highest BCUT2D eigenvalue weighted by Crippen LogP contribution is 2.35. The molecule has 70 valence electrons. The van der Waals surface area contributed by atoms with Crippen LogP contribution in [0.2, 0.25) is 0 Å². The molecule has 0 unspecified atom stereocenters. The van der Waals surface area contributed by atoms with Gasteiger partial charge in [0.05, 0.1) is 6.29 Å². The first kappa shape index (κ1) is 10.2. The zero-order valence-electron chi connectivity index (χ0n) is 7.97. The zero-order chi connectivity index (χ0) is 9.73. The molecule has 1 aromatic carbocycles. The minimum Gasteiger partial charge on any atom is -0.322 e. The van der Waals surface area contributed by atoms with Crippen LogP contribution < -0.4 is 0 Å². The van der Waals surface area contributed by atoms with Gasteiger partial charge in [-0.15, -0.1) is 0 Å². The topological polar surface area (TPSA) is 29.4 Å². The molecule has 0 saturated heterocycles. The van der Waals surface area contributed by atoms with Crippen LogP contribution >= 0.6 is 7.14 Å². The molecule has 0 fully saturated rings. The molecule has 2 nitrogen and oxygen atoms in total. The second-order valence-corrected chi connectivity index (χ2v) is 6.87. The summed E-state index contributed by atoms with van der Waals surface area (Å²) < 4.78 is 11.3. The summed E-state index contributed by atoms with van der Waals surface area (Å²) in [6, 6.07) is 9.82. The minimum atomic E-state index is -2.00. The maximum absolute atomic E-state index is 11.3. The average molecular weight is 195 g/mol. The van der Waals surface area contributed by atoms with Crippen molar-refractivity contribution in [2.45, 2.75) is 0 Å². The Balaban J connectivity index is 2.56. The molecule has 1 rings (SSSR count). The normalized spacial score (nSPS) is 12.2. The van der Waals surface area contributed by atoms with E-state index in [2.05, 4.69) is 4.99 Å². The molecule has 13 heavy (non-hydrogen) atoms. The summed E-state index contributed by atoms with van der Waals surface area (Å²) in [4.78, 5) is 4.12. The van der Waals surface area contributed by atoms with Crippen LogP contribution in [0.25, 0.3) is 0 Å². The number of benzene rings is 1. The largest absolute Gasteiger partial charge is 0.322 e. The molecule has 0 aromatic heterocycles. The van der Waals surface area contributed by atoms with Gasteiger partial charge >= 0.3 is 0 Å².